The van der Waals surface area contributed by atoms with Crippen LogP contribution in [0.4, 0.5) is 4.39 Å². The maximum absolute atomic E-state index is 15.1. The van der Waals surface area contributed by atoms with Crippen LogP contribution in [0.1, 0.15) is 48.3 Å². The van der Waals surface area contributed by atoms with E-state index in [2.05, 4.69) is 21.2 Å². The van der Waals surface area contributed by atoms with Crippen molar-refractivity contribution in [3.05, 3.63) is 52.5 Å². The molecule has 1 aliphatic carbocycles. The predicted molar refractivity (Wildman–Crippen MR) is 121 cm³/mol. The average molecular weight is 466 g/mol. The summed E-state index contributed by atoms with van der Waals surface area (Å²) in [4.78, 5) is 13.8. The molecule has 1 saturated heterocycles. The zero-order chi connectivity index (χ0) is 23.8. The molecule has 1 amide bonds. The number of aryl methyl sites for hydroxylation is 1. The minimum absolute atomic E-state index is 0.0347. The van der Waals surface area contributed by atoms with Gasteiger partial charge in [0.05, 0.1) is 43.1 Å². The van der Waals surface area contributed by atoms with Gasteiger partial charge in [0.1, 0.15) is 5.83 Å². The van der Waals surface area contributed by atoms with E-state index in [0.717, 1.165) is 35.4 Å². The van der Waals surface area contributed by atoms with Crippen LogP contribution in [0, 0.1) is 17.2 Å². The third-order valence-corrected chi connectivity index (χ3v) is 6.88. The van der Waals surface area contributed by atoms with Gasteiger partial charge in [0.2, 0.25) is 5.91 Å². The Morgan fingerprint density at radius 1 is 1.44 bits per heavy atom. The van der Waals surface area contributed by atoms with E-state index in [0.29, 0.717) is 44.1 Å². The van der Waals surface area contributed by atoms with E-state index in [9.17, 15) is 10.1 Å². The number of carbonyl (C=O) groups is 1. The lowest BCUT2D eigenvalue weighted by molar-refractivity contribution is -0.129. The van der Waals surface area contributed by atoms with Crippen molar-refractivity contribution in [2.45, 2.75) is 45.3 Å². The smallest absolute Gasteiger partial charge is 0.219 e. The van der Waals surface area contributed by atoms with Gasteiger partial charge < -0.3 is 15.0 Å². The van der Waals surface area contributed by atoms with Crippen molar-refractivity contribution in [3.8, 4) is 6.07 Å². The second-order valence-corrected chi connectivity index (χ2v) is 9.09. The molecule has 0 spiro atoms. The van der Waals surface area contributed by atoms with E-state index in [1.165, 1.54) is 6.08 Å². The number of nitrogens with one attached hydrogen (secondary N) is 1. The van der Waals surface area contributed by atoms with E-state index in [-0.39, 0.29) is 24.2 Å². The third kappa shape index (κ3) is 4.12. The minimum Gasteiger partial charge on any atom is -0.380 e. The zero-order valence-corrected chi connectivity index (χ0v) is 19.4. The van der Waals surface area contributed by atoms with E-state index in [1.54, 1.807) is 31.0 Å². The second-order valence-electron chi connectivity index (χ2n) is 9.09. The number of rotatable bonds is 5. The van der Waals surface area contributed by atoms with Crippen LogP contribution < -0.4 is 5.32 Å². The number of aromatic nitrogens is 4. The molecular weight excluding hydrogens is 437 g/mol. The number of nitrogens with zero attached hydrogens (tertiary/aromatic N) is 6. The molecule has 10 heteroatoms. The summed E-state index contributed by atoms with van der Waals surface area (Å²) < 4.78 is 24.3. The van der Waals surface area contributed by atoms with Gasteiger partial charge in [-0.1, -0.05) is 0 Å². The SMILES string of the molecule is CC(=O)N1CCc2c(c(CNC3=C(F)C=C(c4cnn(C)c4)C(C#N)C3)nn2C2CCOC2)C1. The quantitative estimate of drug-likeness (QED) is 0.728. The van der Waals surface area contributed by atoms with Crippen LogP contribution in [0.3, 0.4) is 0 Å². The van der Waals surface area contributed by atoms with Crippen LogP contribution in [0.2, 0.25) is 0 Å². The number of hydrogen-bond acceptors (Lipinski definition) is 6. The van der Waals surface area contributed by atoms with Gasteiger partial charge in [0.25, 0.3) is 0 Å². The van der Waals surface area contributed by atoms with E-state index < -0.39 is 5.92 Å². The van der Waals surface area contributed by atoms with Crippen molar-refractivity contribution in [1.82, 2.24) is 29.8 Å². The Labute approximate surface area is 197 Å². The maximum Gasteiger partial charge on any atom is 0.219 e. The molecule has 178 valence electrons. The molecule has 5 rings (SSSR count). The van der Waals surface area contributed by atoms with Gasteiger partial charge in [-0.3, -0.25) is 14.2 Å². The first-order chi connectivity index (χ1) is 16.4. The van der Waals surface area contributed by atoms with Crippen LogP contribution in [0.25, 0.3) is 5.57 Å². The molecule has 2 aromatic rings. The molecule has 0 saturated carbocycles. The van der Waals surface area contributed by atoms with E-state index >= 15 is 4.39 Å². The van der Waals surface area contributed by atoms with Crippen molar-refractivity contribution in [2.24, 2.45) is 13.0 Å². The molecule has 9 nitrogen and oxygen atoms in total. The number of halogens is 1. The number of nitriles is 1. The minimum atomic E-state index is -0.471. The predicted octanol–water partition coefficient (Wildman–Crippen LogP) is 2.38. The molecule has 1 N–H and O–H groups in total. The van der Waals surface area contributed by atoms with Crippen LogP contribution in [0.5, 0.6) is 0 Å². The highest BCUT2D eigenvalue weighted by Crippen LogP contribution is 2.35. The van der Waals surface area contributed by atoms with Crippen molar-refractivity contribution in [3.63, 3.8) is 0 Å². The Hall–Kier alpha value is -3.45. The van der Waals surface area contributed by atoms with Gasteiger partial charge in [0.15, 0.2) is 0 Å². The van der Waals surface area contributed by atoms with Crippen LogP contribution in [0.15, 0.2) is 30.0 Å². The lowest BCUT2D eigenvalue weighted by Gasteiger charge is -2.27. The largest absolute Gasteiger partial charge is 0.380 e. The molecule has 4 heterocycles. The average Bonchev–Trinajstić information content (AvgIpc) is 3.57. The number of carbonyl (C=O) groups excluding carboxylic acids is 1. The highest BCUT2D eigenvalue weighted by atomic mass is 19.1. The van der Waals surface area contributed by atoms with Crippen molar-refractivity contribution >= 4 is 11.5 Å². The molecule has 34 heavy (non-hydrogen) atoms. The Bertz CT molecular complexity index is 1210. The Morgan fingerprint density at radius 3 is 2.97 bits per heavy atom. The summed E-state index contributed by atoms with van der Waals surface area (Å²) in [5, 5.41) is 22.0. The third-order valence-electron chi connectivity index (χ3n) is 6.88. The molecule has 1 fully saturated rings. The number of amides is 1. The Morgan fingerprint density at radius 2 is 2.29 bits per heavy atom. The topological polar surface area (TPSA) is 101 Å². The van der Waals surface area contributed by atoms with Crippen LogP contribution in [-0.4, -0.2) is 50.1 Å². The fraction of sp³-hybridized carbons (Fsp3) is 0.500. The molecule has 0 radical (unpaired) electrons. The number of ether oxygens (including phenoxy) is 1. The Balaban J connectivity index is 1.41. The van der Waals surface area contributed by atoms with Gasteiger partial charge >= 0.3 is 0 Å². The fourth-order valence-electron chi connectivity index (χ4n) is 4.99. The molecule has 3 aliphatic rings. The van der Waals surface area contributed by atoms with Gasteiger partial charge in [-0.2, -0.15) is 15.5 Å². The lowest BCUT2D eigenvalue weighted by atomic mass is 9.87. The van der Waals surface area contributed by atoms with E-state index in [4.69, 9.17) is 9.84 Å². The molecule has 2 unspecified atom stereocenters. The van der Waals surface area contributed by atoms with Crippen molar-refractivity contribution in [1.29, 1.82) is 5.26 Å². The van der Waals surface area contributed by atoms with Gasteiger partial charge in [-0.25, -0.2) is 4.39 Å². The number of hydrogen-bond donors (Lipinski definition) is 1. The summed E-state index contributed by atoms with van der Waals surface area (Å²) in [6, 6.07) is 2.48. The van der Waals surface area contributed by atoms with Gasteiger partial charge in [-0.05, 0) is 18.1 Å². The fourth-order valence-corrected chi connectivity index (χ4v) is 4.99. The summed E-state index contributed by atoms with van der Waals surface area (Å²) in [6.45, 7) is 4.41. The zero-order valence-electron chi connectivity index (χ0n) is 19.4. The normalized spacial score (nSPS) is 22.4. The summed E-state index contributed by atoms with van der Waals surface area (Å²) in [7, 11) is 1.79. The van der Waals surface area contributed by atoms with Crippen LogP contribution >= 0.6 is 0 Å². The number of fused-ring (bicyclic) bond motifs is 1. The first kappa shape index (κ1) is 22.3. The summed E-state index contributed by atoms with van der Waals surface area (Å²) in [6.07, 6.45) is 6.76. The molecule has 0 aromatic carbocycles. The summed E-state index contributed by atoms with van der Waals surface area (Å²) in [5.41, 5.74) is 4.75. The first-order valence-corrected chi connectivity index (χ1v) is 11.6. The van der Waals surface area contributed by atoms with Gasteiger partial charge in [0, 0.05) is 75.2 Å². The standard InChI is InChI=1S/C24H28FN7O2/c1-15(33)31-5-3-24-20(13-31)23(29-32(24)18-4-6-34-14-18)11-27-22-7-16(9-26)19(8-21(22)25)17-10-28-30(2)12-17/h8,10,12,16,18,27H,3-7,11,13-14H2,1-2H3. The molecule has 2 aromatic heterocycles. The second kappa shape index (κ2) is 9.06. The molecule has 0 bridgehead atoms. The summed E-state index contributed by atoms with van der Waals surface area (Å²) in [5.74, 6) is -0.817. The van der Waals surface area contributed by atoms with Crippen LogP contribution in [-0.2, 0) is 36.1 Å². The number of allylic oxidation sites excluding steroid dienone is 4. The monoisotopic (exact) mass is 465 g/mol. The highest BCUT2D eigenvalue weighted by molar-refractivity contribution is 5.74. The maximum atomic E-state index is 15.1. The summed E-state index contributed by atoms with van der Waals surface area (Å²) >= 11 is 0. The van der Waals surface area contributed by atoms with Crippen molar-refractivity contribution in [2.75, 3.05) is 19.8 Å². The lowest BCUT2D eigenvalue weighted by Crippen LogP contribution is -2.35. The van der Waals surface area contributed by atoms with Crippen molar-refractivity contribution < 1.29 is 13.9 Å². The van der Waals surface area contributed by atoms with Gasteiger partial charge in [-0.15, -0.1) is 0 Å². The molecular formula is C24H28FN7O2. The molecule has 2 aliphatic heterocycles. The Kier molecular flexibility index (Phi) is 5.96. The molecule has 2 atom stereocenters. The first-order valence-electron chi connectivity index (χ1n) is 11.6. The van der Waals surface area contributed by atoms with E-state index in [1.807, 2.05) is 4.90 Å². The highest BCUT2D eigenvalue weighted by Gasteiger charge is 2.31.